The third-order valence-electron chi connectivity index (χ3n) is 5.99. The van der Waals surface area contributed by atoms with Gasteiger partial charge in [0.05, 0.1) is 6.04 Å². The van der Waals surface area contributed by atoms with Crippen LogP contribution in [0.3, 0.4) is 0 Å². The van der Waals surface area contributed by atoms with Gasteiger partial charge in [0, 0.05) is 18.7 Å². The smallest absolute Gasteiger partial charge is 0.251 e. The number of alkyl halides is 1. The van der Waals surface area contributed by atoms with Gasteiger partial charge in [-0.2, -0.15) is 0 Å². The predicted octanol–water partition coefficient (Wildman–Crippen LogP) is 0.858. The Morgan fingerprint density at radius 2 is 1.83 bits per heavy atom. The number of rotatable bonds is 12. The number of nitrogens with one attached hydrogen (secondary N) is 4. The van der Waals surface area contributed by atoms with Crippen molar-refractivity contribution in [3.8, 4) is 0 Å². The molecule has 198 valence electrons. The van der Waals surface area contributed by atoms with Crippen LogP contribution < -0.4 is 21.7 Å². The average molecular weight is 509 g/mol. The molecule has 1 aliphatic heterocycles. The molecule has 12 heteroatoms. The number of hydrogen-bond acceptors (Lipinski definition) is 5. The molecule has 6 N–H and O–H groups in total. The Balaban J connectivity index is 2.08. The Labute approximate surface area is 208 Å². The van der Waals surface area contributed by atoms with E-state index in [0.717, 1.165) is 12.1 Å². The van der Waals surface area contributed by atoms with Gasteiger partial charge in [-0.3, -0.25) is 24.6 Å². The predicted molar refractivity (Wildman–Crippen MR) is 129 cm³/mol. The summed E-state index contributed by atoms with van der Waals surface area (Å²) < 4.78 is 26.3. The van der Waals surface area contributed by atoms with Crippen LogP contribution in [0.1, 0.15) is 49.9 Å². The molecule has 0 aromatic heterocycles. The lowest BCUT2D eigenvalue weighted by Gasteiger charge is -2.31. The first-order valence-corrected chi connectivity index (χ1v) is 11.9. The molecule has 0 bridgehead atoms. The number of halogens is 2. The summed E-state index contributed by atoms with van der Waals surface area (Å²) in [5.41, 5.74) is 5.41. The van der Waals surface area contributed by atoms with Crippen LogP contribution in [0.15, 0.2) is 24.3 Å². The maximum Gasteiger partial charge on any atom is 0.251 e. The molecule has 10 nitrogen and oxygen atoms in total. The number of carbonyl (C=O) groups is 4. The fraction of sp³-hybridized carbons (Fsp3) is 0.542. The normalized spacial score (nSPS) is 16.8. The third-order valence-corrected chi connectivity index (χ3v) is 5.99. The zero-order valence-electron chi connectivity index (χ0n) is 20.5. The monoisotopic (exact) mass is 508 g/mol. The molecule has 1 saturated heterocycles. The van der Waals surface area contributed by atoms with Gasteiger partial charge in [-0.25, -0.2) is 8.78 Å². The van der Waals surface area contributed by atoms with Crippen molar-refractivity contribution in [2.45, 2.75) is 57.7 Å². The number of amides is 3. The van der Waals surface area contributed by atoms with Crippen LogP contribution in [-0.2, 0) is 14.4 Å². The van der Waals surface area contributed by atoms with Gasteiger partial charge in [0.1, 0.15) is 24.6 Å². The van der Waals surface area contributed by atoms with E-state index >= 15 is 0 Å². The number of likely N-dealkylation sites (tertiary alicyclic amines) is 1. The van der Waals surface area contributed by atoms with Gasteiger partial charge in [0.15, 0.2) is 11.7 Å². The zero-order chi connectivity index (χ0) is 26.8. The number of nitrogens with zero attached hydrogens (tertiary/aromatic N) is 1. The van der Waals surface area contributed by atoms with Crippen LogP contribution in [0.4, 0.5) is 8.78 Å². The molecule has 1 aliphatic rings. The number of ketones is 1. The van der Waals surface area contributed by atoms with E-state index < -0.39 is 54.1 Å². The van der Waals surface area contributed by atoms with Crippen molar-refractivity contribution in [2.24, 2.45) is 11.7 Å². The fourth-order valence-corrected chi connectivity index (χ4v) is 4.03. The van der Waals surface area contributed by atoms with Crippen molar-refractivity contribution in [1.82, 2.24) is 20.9 Å². The highest BCUT2D eigenvalue weighted by Gasteiger charge is 2.39. The first-order valence-electron chi connectivity index (χ1n) is 11.9. The van der Waals surface area contributed by atoms with Crippen molar-refractivity contribution in [2.75, 3.05) is 19.8 Å². The second-order valence-electron chi connectivity index (χ2n) is 9.04. The van der Waals surface area contributed by atoms with Crippen LogP contribution in [0.2, 0.25) is 0 Å². The summed E-state index contributed by atoms with van der Waals surface area (Å²) >= 11 is 0. The molecule has 0 aliphatic carbocycles. The van der Waals surface area contributed by atoms with Gasteiger partial charge in [-0.05, 0) is 55.9 Å². The van der Waals surface area contributed by atoms with Gasteiger partial charge in [0.25, 0.3) is 5.91 Å². The minimum atomic E-state index is -1.25. The fourth-order valence-electron chi connectivity index (χ4n) is 4.03. The summed E-state index contributed by atoms with van der Waals surface area (Å²) in [6.45, 7) is 2.83. The molecular weight excluding hydrogens is 474 g/mol. The molecule has 0 unspecified atom stereocenters. The lowest BCUT2D eigenvalue weighted by Crippen LogP contribution is -2.56. The highest BCUT2D eigenvalue weighted by molar-refractivity contribution is 5.99. The minimum absolute atomic E-state index is 0.137. The Morgan fingerprint density at radius 1 is 1.17 bits per heavy atom. The molecule has 1 aromatic carbocycles. The van der Waals surface area contributed by atoms with Crippen LogP contribution >= 0.6 is 0 Å². The summed E-state index contributed by atoms with van der Waals surface area (Å²) in [4.78, 5) is 52.5. The van der Waals surface area contributed by atoms with Crippen LogP contribution in [0, 0.1) is 17.1 Å². The quantitative estimate of drug-likeness (QED) is 0.160. The molecule has 2 rings (SSSR count). The van der Waals surface area contributed by atoms with E-state index in [4.69, 9.17) is 11.1 Å². The number of guanidine groups is 1. The second-order valence-corrected chi connectivity index (χ2v) is 9.04. The molecule has 36 heavy (non-hydrogen) atoms. The number of carbonyl (C=O) groups excluding carboxylic acids is 4. The largest absolute Gasteiger partial charge is 0.370 e. The topological polar surface area (TPSA) is 157 Å². The summed E-state index contributed by atoms with van der Waals surface area (Å²) in [5, 5.41) is 15.0. The van der Waals surface area contributed by atoms with Crippen molar-refractivity contribution in [3.05, 3.63) is 35.6 Å². The molecule has 0 saturated carbocycles. The number of Topliss-reactive ketones (excluding diaryl/α,β-unsaturated/α-hetero) is 1. The van der Waals surface area contributed by atoms with E-state index in [1.807, 2.05) is 0 Å². The van der Waals surface area contributed by atoms with Gasteiger partial charge in [0.2, 0.25) is 11.8 Å². The maximum absolute atomic E-state index is 13.4. The lowest BCUT2D eigenvalue weighted by atomic mass is 10.0. The molecule has 1 heterocycles. The van der Waals surface area contributed by atoms with E-state index in [2.05, 4.69) is 16.0 Å². The van der Waals surface area contributed by atoms with Gasteiger partial charge in [-0.1, -0.05) is 13.8 Å². The number of nitrogens with two attached hydrogens (primary N) is 1. The summed E-state index contributed by atoms with van der Waals surface area (Å²) in [6.07, 6.45) is 1.40. The molecular formula is C24H34F2N6O4. The highest BCUT2D eigenvalue weighted by Crippen LogP contribution is 2.21. The van der Waals surface area contributed by atoms with Gasteiger partial charge in [-0.15, -0.1) is 0 Å². The van der Waals surface area contributed by atoms with Crippen molar-refractivity contribution < 1.29 is 28.0 Å². The van der Waals surface area contributed by atoms with Gasteiger partial charge >= 0.3 is 0 Å². The van der Waals surface area contributed by atoms with E-state index in [9.17, 15) is 28.0 Å². The molecule has 3 amide bonds. The molecule has 3 atom stereocenters. The summed E-state index contributed by atoms with van der Waals surface area (Å²) in [5.74, 6) is -3.38. The second kappa shape index (κ2) is 13.5. The van der Waals surface area contributed by atoms with E-state index in [1.165, 1.54) is 17.0 Å². The Hall–Kier alpha value is -3.57. The van der Waals surface area contributed by atoms with E-state index in [0.29, 0.717) is 19.3 Å². The molecule has 0 radical (unpaired) electrons. The average Bonchev–Trinajstić information content (AvgIpc) is 3.33. The maximum atomic E-state index is 13.4. The molecule has 0 spiro atoms. The van der Waals surface area contributed by atoms with Crippen molar-refractivity contribution >= 4 is 29.5 Å². The first-order chi connectivity index (χ1) is 17.0. The minimum Gasteiger partial charge on any atom is -0.370 e. The number of benzene rings is 1. The van der Waals surface area contributed by atoms with E-state index in [1.54, 1.807) is 13.8 Å². The van der Waals surface area contributed by atoms with Crippen LogP contribution in [-0.4, -0.2) is 72.3 Å². The molecule has 1 aromatic rings. The van der Waals surface area contributed by atoms with Crippen LogP contribution in [0.25, 0.3) is 0 Å². The lowest BCUT2D eigenvalue weighted by molar-refractivity contribution is -0.141. The standard InChI is InChI=1S/C24H34F2N6O4/c1-14(2)20(31-21(34)15-7-9-16(26)10-8-15)23(36)32-12-4-6-18(32)22(35)30-17(19(33)13-25)5-3-11-29-24(27)28/h7-10,14,17-18,20H,3-6,11-13H2,1-2H3,(H,30,35)(H,31,34)(H4,27,28,29)/t17-,18+,20+/m1/s1. The van der Waals surface area contributed by atoms with Crippen LogP contribution in [0.5, 0.6) is 0 Å². The third kappa shape index (κ3) is 7.99. The summed E-state index contributed by atoms with van der Waals surface area (Å²) in [7, 11) is 0. The Morgan fingerprint density at radius 3 is 2.42 bits per heavy atom. The summed E-state index contributed by atoms with van der Waals surface area (Å²) in [6, 6.07) is 2.04. The van der Waals surface area contributed by atoms with E-state index in [-0.39, 0.29) is 37.0 Å². The number of hydrogen-bond donors (Lipinski definition) is 5. The van der Waals surface area contributed by atoms with Gasteiger partial charge < -0.3 is 26.6 Å². The van der Waals surface area contributed by atoms with Crippen molar-refractivity contribution in [1.29, 1.82) is 5.41 Å². The highest BCUT2D eigenvalue weighted by atomic mass is 19.1. The SMILES string of the molecule is CC(C)[C@H](NC(=O)c1ccc(F)cc1)C(=O)N1CCC[C@H]1C(=O)N[C@H](CCCNC(=N)N)C(=O)CF. The molecule has 1 fully saturated rings. The Kier molecular flexibility index (Phi) is 10.8. The zero-order valence-corrected chi connectivity index (χ0v) is 20.5. The first kappa shape index (κ1) is 28.7. The Bertz CT molecular complexity index is 956. The van der Waals surface area contributed by atoms with Crippen molar-refractivity contribution in [3.63, 3.8) is 0 Å².